The van der Waals surface area contributed by atoms with Crippen LogP contribution in [0.25, 0.3) is 0 Å². The Bertz CT molecular complexity index is 321. The number of piperidine rings is 1. The minimum absolute atomic E-state index is 0.195. The molecular formula is C10H21N3O2S. The summed E-state index contributed by atoms with van der Waals surface area (Å²) in [6.07, 6.45) is 4.12. The zero-order chi connectivity index (χ0) is 11.6. The quantitative estimate of drug-likeness (QED) is 0.714. The van der Waals surface area contributed by atoms with Gasteiger partial charge in [0.25, 0.3) is 10.2 Å². The van der Waals surface area contributed by atoms with Gasteiger partial charge in [0.15, 0.2) is 0 Å². The molecule has 2 N–H and O–H groups in total. The van der Waals surface area contributed by atoms with Gasteiger partial charge in [-0.1, -0.05) is 0 Å². The molecule has 0 aromatic heterocycles. The van der Waals surface area contributed by atoms with Crippen molar-refractivity contribution in [3.05, 3.63) is 0 Å². The predicted molar refractivity (Wildman–Crippen MR) is 63.3 cm³/mol. The lowest BCUT2D eigenvalue weighted by Gasteiger charge is -2.27. The van der Waals surface area contributed by atoms with E-state index in [9.17, 15) is 8.42 Å². The lowest BCUT2D eigenvalue weighted by molar-refractivity contribution is 0.309. The van der Waals surface area contributed by atoms with E-state index in [0.29, 0.717) is 12.5 Å². The Kier molecular flexibility index (Phi) is 3.84. The van der Waals surface area contributed by atoms with Crippen LogP contribution in [0.15, 0.2) is 0 Å². The molecule has 6 heteroatoms. The summed E-state index contributed by atoms with van der Waals surface area (Å²) in [5, 5.41) is 3.29. The fourth-order valence-corrected chi connectivity index (χ4v) is 3.27. The van der Waals surface area contributed by atoms with Gasteiger partial charge in [-0.25, -0.2) is 0 Å². The number of nitrogens with zero attached hydrogens (tertiary/aromatic N) is 1. The summed E-state index contributed by atoms with van der Waals surface area (Å²) < 4.78 is 27.9. The SMILES string of the molecule is CN(CC1CCNCC1)S(=O)(=O)NC1CC1. The molecule has 94 valence electrons. The van der Waals surface area contributed by atoms with E-state index in [0.717, 1.165) is 38.8 Å². The molecule has 0 aromatic rings. The molecule has 0 unspecified atom stereocenters. The minimum atomic E-state index is -3.23. The molecule has 1 saturated carbocycles. The Morgan fingerprint density at radius 2 is 1.88 bits per heavy atom. The molecule has 0 amide bonds. The third-order valence-electron chi connectivity index (χ3n) is 3.28. The van der Waals surface area contributed by atoms with Gasteiger partial charge in [-0.3, -0.25) is 0 Å². The minimum Gasteiger partial charge on any atom is -0.317 e. The number of hydrogen-bond acceptors (Lipinski definition) is 3. The van der Waals surface area contributed by atoms with E-state index in [-0.39, 0.29) is 6.04 Å². The zero-order valence-electron chi connectivity index (χ0n) is 9.78. The van der Waals surface area contributed by atoms with Crippen LogP contribution in [0.1, 0.15) is 25.7 Å². The second-order valence-electron chi connectivity index (χ2n) is 4.87. The molecule has 2 aliphatic rings. The second kappa shape index (κ2) is 5.00. The Balaban J connectivity index is 1.82. The molecule has 5 nitrogen and oxygen atoms in total. The molecule has 2 rings (SSSR count). The summed E-state index contributed by atoms with van der Waals surface area (Å²) in [5.74, 6) is 0.502. The van der Waals surface area contributed by atoms with Crippen molar-refractivity contribution in [1.29, 1.82) is 0 Å². The van der Waals surface area contributed by atoms with Gasteiger partial charge in [0.05, 0.1) is 0 Å². The van der Waals surface area contributed by atoms with E-state index < -0.39 is 10.2 Å². The first-order valence-corrected chi connectivity index (χ1v) is 7.46. The van der Waals surface area contributed by atoms with E-state index in [1.54, 1.807) is 7.05 Å². The second-order valence-corrected chi connectivity index (χ2v) is 6.68. The van der Waals surface area contributed by atoms with Crippen LogP contribution in [0.5, 0.6) is 0 Å². The molecule has 1 aliphatic carbocycles. The largest absolute Gasteiger partial charge is 0.317 e. The molecule has 0 spiro atoms. The molecule has 0 aromatic carbocycles. The van der Waals surface area contributed by atoms with E-state index in [1.807, 2.05) is 0 Å². The zero-order valence-corrected chi connectivity index (χ0v) is 10.6. The molecule has 1 saturated heterocycles. The van der Waals surface area contributed by atoms with Crippen molar-refractivity contribution < 1.29 is 8.42 Å². The van der Waals surface area contributed by atoms with Crippen LogP contribution in [0.4, 0.5) is 0 Å². The maximum absolute atomic E-state index is 11.9. The van der Waals surface area contributed by atoms with E-state index in [2.05, 4.69) is 10.0 Å². The average molecular weight is 247 g/mol. The van der Waals surface area contributed by atoms with Crippen LogP contribution in [0, 0.1) is 5.92 Å². The first-order chi connectivity index (χ1) is 7.58. The molecule has 1 heterocycles. The highest BCUT2D eigenvalue weighted by Gasteiger charge is 2.30. The summed E-state index contributed by atoms with van der Waals surface area (Å²) in [6, 6.07) is 0.195. The first kappa shape index (κ1) is 12.3. The average Bonchev–Trinajstić information content (AvgIpc) is 3.02. The molecule has 2 fully saturated rings. The highest BCUT2D eigenvalue weighted by atomic mass is 32.2. The molecular weight excluding hydrogens is 226 g/mol. The molecule has 0 atom stereocenters. The van der Waals surface area contributed by atoms with Gasteiger partial charge in [-0.05, 0) is 44.7 Å². The lowest BCUT2D eigenvalue weighted by Crippen LogP contribution is -2.43. The fourth-order valence-electron chi connectivity index (χ4n) is 2.03. The molecule has 0 bridgehead atoms. The summed E-state index contributed by atoms with van der Waals surface area (Å²) in [6.45, 7) is 2.66. The predicted octanol–water partition coefficient (Wildman–Crippen LogP) is -0.0854. The van der Waals surface area contributed by atoms with Gasteiger partial charge >= 0.3 is 0 Å². The van der Waals surface area contributed by atoms with E-state index in [4.69, 9.17) is 0 Å². The van der Waals surface area contributed by atoms with Crippen molar-refractivity contribution in [1.82, 2.24) is 14.3 Å². The third kappa shape index (κ3) is 3.41. The third-order valence-corrected chi connectivity index (χ3v) is 4.88. The molecule has 16 heavy (non-hydrogen) atoms. The van der Waals surface area contributed by atoms with E-state index in [1.165, 1.54) is 4.31 Å². The maximum Gasteiger partial charge on any atom is 0.279 e. The molecule has 0 radical (unpaired) electrons. The van der Waals surface area contributed by atoms with Crippen LogP contribution < -0.4 is 10.0 Å². The van der Waals surface area contributed by atoms with Gasteiger partial charge in [0.1, 0.15) is 0 Å². The van der Waals surface area contributed by atoms with Gasteiger partial charge < -0.3 is 5.32 Å². The van der Waals surface area contributed by atoms with Crippen LogP contribution in [-0.4, -0.2) is 45.4 Å². The van der Waals surface area contributed by atoms with Crippen molar-refractivity contribution in [2.75, 3.05) is 26.7 Å². The van der Waals surface area contributed by atoms with Gasteiger partial charge in [-0.2, -0.15) is 17.4 Å². The normalized spacial score (nSPS) is 23.9. The fraction of sp³-hybridized carbons (Fsp3) is 1.00. The summed E-state index contributed by atoms with van der Waals surface area (Å²) in [7, 11) is -1.56. The topological polar surface area (TPSA) is 61.4 Å². The van der Waals surface area contributed by atoms with E-state index >= 15 is 0 Å². The van der Waals surface area contributed by atoms with Crippen molar-refractivity contribution in [2.45, 2.75) is 31.7 Å². The standard InChI is InChI=1S/C10H21N3O2S/c1-13(8-9-4-6-11-7-5-9)16(14,15)12-10-2-3-10/h9-12H,2-8H2,1H3. The summed E-state index contributed by atoms with van der Waals surface area (Å²) >= 11 is 0. The van der Waals surface area contributed by atoms with Crippen LogP contribution in [-0.2, 0) is 10.2 Å². The first-order valence-electron chi connectivity index (χ1n) is 6.02. The Hall–Kier alpha value is -0.170. The van der Waals surface area contributed by atoms with Crippen molar-refractivity contribution in [2.24, 2.45) is 5.92 Å². The smallest absolute Gasteiger partial charge is 0.279 e. The van der Waals surface area contributed by atoms with Crippen molar-refractivity contribution >= 4 is 10.2 Å². The number of rotatable bonds is 5. The summed E-state index contributed by atoms with van der Waals surface area (Å²) in [4.78, 5) is 0. The Labute approximate surface area is 97.8 Å². The number of hydrogen-bond donors (Lipinski definition) is 2. The van der Waals surface area contributed by atoms with Crippen molar-refractivity contribution in [3.8, 4) is 0 Å². The monoisotopic (exact) mass is 247 g/mol. The van der Waals surface area contributed by atoms with Gasteiger partial charge in [0.2, 0.25) is 0 Å². The summed E-state index contributed by atoms with van der Waals surface area (Å²) in [5.41, 5.74) is 0. The van der Waals surface area contributed by atoms with Crippen molar-refractivity contribution in [3.63, 3.8) is 0 Å². The maximum atomic E-state index is 11.9. The lowest BCUT2D eigenvalue weighted by atomic mass is 9.98. The van der Waals surface area contributed by atoms with Gasteiger partial charge in [-0.15, -0.1) is 0 Å². The highest BCUT2D eigenvalue weighted by Crippen LogP contribution is 2.21. The Morgan fingerprint density at radius 3 is 2.44 bits per heavy atom. The van der Waals surface area contributed by atoms with Crippen LogP contribution in [0.3, 0.4) is 0 Å². The highest BCUT2D eigenvalue weighted by molar-refractivity contribution is 7.87. The number of nitrogens with one attached hydrogen (secondary N) is 2. The molecule has 1 aliphatic heterocycles. The van der Waals surface area contributed by atoms with Crippen LogP contribution in [0.2, 0.25) is 0 Å². The Morgan fingerprint density at radius 1 is 1.25 bits per heavy atom. The van der Waals surface area contributed by atoms with Crippen LogP contribution >= 0.6 is 0 Å². The van der Waals surface area contributed by atoms with Gasteiger partial charge in [0, 0.05) is 19.6 Å².